The molecular formula is C14H16N2O2. The number of esters is 1. The summed E-state index contributed by atoms with van der Waals surface area (Å²) in [5, 5.41) is 0. The fourth-order valence-corrected chi connectivity index (χ4v) is 1.87. The lowest BCUT2D eigenvalue weighted by Crippen LogP contribution is -2.15. The Morgan fingerprint density at radius 3 is 2.78 bits per heavy atom. The number of carbonyl (C=O) groups is 1. The number of ether oxygens (including phenoxy) is 1. The Kier molecular flexibility index (Phi) is 3.77. The van der Waals surface area contributed by atoms with Gasteiger partial charge < -0.3 is 9.30 Å². The van der Waals surface area contributed by atoms with Crippen molar-refractivity contribution in [3.8, 4) is 5.69 Å². The molecule has 18 heavy (non-hydrogen) atoms. The predicted octanol–water partition coefficient (Wildman–Crippen LogP) is 2.54. The Bertz CT molecular complexity index is 520. The van der Waals surface area contributed by atoms with Crippen LogP contribution in [0.15, 0.2) is 42.9 Å². The van der Waals surface area contributed by atoms with Gasteiger partial charge in [-0.2, -0.15) is 0 Å². The number of aromatic nitrogens is 2. The van der Waals surface area contributed by atoms with E-state index in [0.29, 0.717) is 6.61 Å². The third-order valence-corrected chi connectivity index (χ3v) is 2.80. The lowest BCUT2D eigenvalue weighted by Gasteiger charge is -2.14. The zero-order chi connectivity index (χ0) is 13.0. The molecule has 0 amide bonds. The van der Waals surface area contributed by atoms with E-state index in [2.05, 4.69) is 4.98 Å². The quantitative estimate of drug-likeness (QED) is 0.776. The lowest BCUT2D eigenvalue weighted by atomic mass is 10.1. The van der Waals surface area contributed by atoms with E-state index in [1.54, 1.807) is 12.4 Å². The second kappa shape index (κ2) is 5.49. The van der Waals surface area contributed by atoms with Gasteiger partial charge in [0.15, 0.2) is 0 Å². The van der Waals surface area contributed by atoms with Crippen LogP contribution in [0, 0.1) is 0 Å². The first-order valence-electron chi connectivity index (χ1n) is 5.98. The third kappa shape index (κ3) is 2.42. The molecule has 0 aliphatic heterocycles. The molecule has 0 spiro atoms. The minimum atomic E-state index is -0.284. The third-order valence-electron chi connectivity index (χ3n) is 2.80. The smallest absolute Gasteiger partial charge is 0.314 e. The van der Waals surface area contributed by atoms with Crippen molar-refractivity contribution in [1.29, 1.82) is 0 Å². The van der Waals surface area contributed by atoms with Crippen molar-refractivity contribution in [1.82, 2.24) is 9.55 Å². The number of nitrogens with zero attached hydrogens (tertiary/aromatic N) is 2. The van der Waals surface area contributed by atoms with Crippen molar-refractivity contribution < 1.29 is 9.53 Å². The van der Waals surface area contributed by atoms with E-state index in [1.807, 2.05) is 48.9 Å². The molecule has 1 atom stereocenters. The van der Waals surface area contributed by atoms with Crippen LogP contribution >= 0.6 is 0 Å². The van der Waals surface area contributed by atoms with Gasteiger partial charge in [0, 0.05) is 30.0 Å². The summed E-state index contributed by atoms with van der Waals surface area (Å²) in [5.74, 6) is -0.486. The standard InChI is InChI=1S/C14H16N2O2/c1-3-18-14(17)11(2)13-5-4-10-16(13)12-6-8-15-9-7-12/h4-11H,3H2,1-2H3. The molecule has 0 saturated carbocycles. The van der Waals surface area contributed by atoms with Crippen LogP contribution in [0.2, 0.25) is 0 Å². The number of hydrogen-bond donors (Lipinski definition) is 0. The maximum atomic E-state index is 11.8. The molecule has 4 nitrogen and oxygen atoms in total. The topological polar surface area (TPSA) is 44.1 Å². The van der Waals surface area contributed by atoms with Gasteiger partial charge in [-0.15, -0.1) is 0 Å². The molecule has 0 bridgehead atoms. The first-order valence-corrected chi connectivity index (χ1v) is 5.98. The largest absolute Gasteiger partial charge is 0.465 e. The summed E-state index contributed by atoms with van der Waals surface area (Å²) in [7, 11) is 0. The number of rotatable bonds is 4. The number of hydrogen-bond acceptors (Lipinski definition) is 3. The number of pyridine rings is 1. The fourth-order valence-electron chi connectivity index (χ4n) is 1.87. The van der Waals surface area contributed by atoms with Gasteiger partial charge in [0.1, 0.15) is 0 Å². The van der Waals surface area contributed by atoms with Crippen LogP contribution in [0.1, 0.15) is 25.5 Å². The first kappa shape index (κ1) is 12.4. The highest BCUT2D eigenvalue weighted by atomic mass is 16.5. The van der Waals surface area contributed by atoms with E-state index in [-0.39, 0.29) is 11.9 Å². The van der Waals surface area contributed by atoms with Crippen LogP contribution in [0.3, 0.4) is 0 Å². The van der Waals surface area contributed by atoms with Crippen LogP contribution in [-0.4, -0.2) is 22.1 Å². The molecule has 0 saturated heterocycles. The average Bonchev–Trinajstić information content (AvgIpc) is 2.88. The van der Waals surface area contributed by atoms with Crippen molar-refractivity contribution in [3.05, 3.63) is 48.5 Å². The Morgan fingerprint density at radius 2 is 2.11 bits per heavy atom. The van der Waals surface area contributed by atoms with Crippen molar-refractivity contribution in [3.63, 3.8) is 0 Å². The lowest BCUT2D eigenvalue weighted by molar-refractivity contribution is -0.144. The summed E-state index contributed by atoms with van der Waals surface area (Å²) in [6.07, 6.45) is 5.39. The molecule has 0 aliphatic carbocycles. The summed E-state index contributed by atoms with van der Waals surface area (Å²) >= 11 is 0. The maximum Gasteiger partial charge on any atom is 0.314 e. The molecule has 4 heteroatoms. The van der Waals surface area contributed by atoms with Gasteiger partial charge >= 0.3 is 5.97 Å². The van der Waals surface area contributed by atoms with Gasteiger partial charge in [0.25, 0.3) is 0 Å². The molecule has 1 unspecified atom stereocenters. The first-order chi connectivity index (χ1) is 8.74. The molecule has 2 aromatic rings. The van der Waals surface area contributed by atoms with Gasteiger partial charge in [-0.1, -0.05) is 0 Å². The van der Waals surface area contributed by atoms with Gasteiger partial charge in [0.05, 0.1) is 12.5 Å². The molecule has 0 N–H and O–H groups in total. The molecule has 0 aromatic carbocycles. The van der Waals surface area contributed by atoms with Gasteiger partial charge in [-0.25, -0.2) is 0 Å². The van der Waals surface area contributed by atoms with Crippen molar-refractivity contribution in [2.24, 2.45) is 0 Å². The Morgan fingerprint density at radius 1 is 1.39 bits per heavy atom. The molecule has 2 heterocycles. The summed E-state index contributed by atoms with van der Waals surface area (Å²) in [5.41, 5.74) is 1.90. The minimum absolute atomic E-state index is 0.202. The normalized spacial score (nSPS) is 12.1. The van der Waals surface area contributed by atoms with Crippen molar-refractivity contribution in [2.75, 3.05) is 6.61 Å². The fraction of sp³-hybridized carbons (Fsp3) is 0.286. The van der Waals surface area contributed by atoms with E-state index < -0.39 is 0 Å². The van der Waals surface area contributed by atoms with Crippen LogP contribution in [-0.2, 0) is 9.53 Å². The highest BCUT2D eigenvalue weighted by molar-refractivity contribution is 5.77. The highest BCUT2D eigenvalue weighted by Crippen LogP contribution is 2.21. The van der Waals surface area contributed by atoms with E-state index in [4.69, 9.17) is 4.74 Å². The summed E-state index contributed by atoms with van der Waals surface area (Å²) in [6.45, 7) is 4.07. The molecule has 0 radical (unpaired) electrons. The number of carbonyl (C=O) groups excluding carboxylic acids is 1. The van der Waals surface area contributed by atoms with E-state index in [0.717, 1.165) is 11.4 Å². The Balaban J connectivity index is 2.31. The maximum absolute atomic E-state index is 11.8. The Labute approximate surface area is 106 Å². The van der Waals surface area contributed by atoms with Crippen LogP contribution < -0.4 is 0 Å². The zero-order valence-electron chi connectivity index (χ0n) is 10.5. The minimum Gasteiger partial charge on any atom is -0.465 e. The summed E-state index contributed by atoms with van der Waals surface area (Å²) in [4.78, 5) is 15.8. The molecule has 2 aromatic heterocycles. The van der Waals surface area contributed by atoms with Crippen molar-refractivity contribution >= 4 is 5.97 Å². The zero-order valence-corrected chi connectivity index (χ0v) is 10.5. The Hall–Kier alpha value is -2.10. The highest BCUT2D eigenvalue weighted by Gasteiger charge is 2.19. The average molecular weight is 244 g/mol. The predicted molar refractivity (Wildman–Crippen MR) is 68.6 cm³/mol. The van der Waals surface area contributed by atoms with E-state index in [1.165, 1.54) is 0 Å². The SMILES string of the molecule is CCOC(=O)C(C)c1cccn1-c1ccncc1. The molecule has 94 valence electrons. The second-order valence-corrected chi connectivity index (χ2v) is 3.98. The molecular weight excluding hydrogens is 228 g/mol. The van der Waals surface area contributed by atoms with Crippen LogP contribution in [0.4, 0.5) is 0 Å². The molecule has 0 fully saturated rings. The van der Waals surface area contributed by atoms with Gasteiger partial charge in [-0.3, -0.25) is 9.78 Å². The van der Waals surface area contributed by atoms with Gasteiger partial charge in [-0.05, 0) is 38.1 Å². The van der Waals surface area contributed by atoms with E-state index >= 15 is 0 Å². The summed E-state index contributed by atoms with van der Waals surface area (Å²) in [6, 6.07) is 7.66. The van der Waals surface area contributed by atoms with Crippen molar-refractivity contribution in [2.45, 2.75) is 19.8 Å². The van der Waals surface area contributed by atoms with Crippen LogP contribution in [0.25, 0.3) is 5.69 Å². The van der Waals surface area contributed by atoms with Crippen LogP contribution in [0.5, 0.6) is 0 Å². The molecule has 2 rings (SSSR count). The van der Waals surface area contributed by atoms with Gasteiger partial charge in [0.2, 0.25) is 0 Å². The molecule has 0 aliphatic rings. The monoisotopic (exact) mass is 244 g/mol. The second-order valence-electron chi connectivity index (χ2n) is 3.98. The summed E-state index contributed by atoms with van der Waals surface area (Å²) < 4.78 is 7.03. The van der Waals surface area contributed by atoms with E-state index in [9.17, 15) is 4.79 Å².